The number of benzene rings is 2. The van der Waals surface area contributed by atoms with Crippen LogP contribution in [0.1, 0.15) is 25.3 Å². The first-order valence-electron chi connectivity index (χ1n) is 8.15. The van der Waals surface area contributed by atoms with Crippen molar-refractivity contribution in [2.24, 2.45) is 5.92 Å². The first-order valence-corrected chi connectivity index (χ1v) is 9.70. The molecule has 4 rings (SSSR count). The molecule has 124 valence electrons. The van der Waals surface area contributed by atoms with Crippen LogP contribution in [0.3, 0.4) is 0 Å². The van der Waals surface area contributed by atoms with Gasteiger partial charge in [0.1, 0.15) is 5.25 Å². The Labute approximate surface area is 142 Å². The Morgan fingerprint density at radius 2 is 1.54 bits per heavy atom. The first-order chi connectivity index (χ1) is 11.4. The molecular weight excluding hydrogens is 322 g/mol. The standard InChI is InChI=1S/C19H19NO3S/c1-12-15-10-6-7-11-16(15)20-17(12)13(2)18(19(20)21)24(22,23)14-8-4-3-5-9-14/h3-13,17-18H,1-2H3/t12-,13+,17+,18?/m0/s1. The Kier molecular flexibility index (Phi) is 3.32. The highest BCUT2D eigenvalue weighted by molar-refractivity contribution is 7.92. The summed E-state index contributed by atoms with van der Waals surface area (Å²) in [5, 5.41) is -1.01. The van der Waals surface area contributed by atoms with E-state index in [1.165, 1.54) is 0 Å². The molecule has 5 heteroatoms. The molecule has 1 fully saturated rings. The second-order valence-electron chi connectivity index (χ2n) is 6.68. The number of carbonyl (C=O) groups excluding carboxylic acids is 1. The minimum absolute atomic E-state index is 0.0987. The maximum absolute atomic E-state index is 13.1. The summed E-state index contributed by atoms with van der Waals surface area (Å²) in [6.07, 6.45) is 0. The van der Waals surface area contributed by atoms with E-state index in [-0.39, 0.29) is 28.7 Å². The molecule has 1 saturated heterocycles. The lowest BCUT2D eigenvalue weighted by atomic mass is 9.89. The zero-order valence-corrected chi connectivity index (χ0v) is 14.4. The average molecular weight is 341 g/mol. The number of hydrogen-bond donors (Lipinski definition) is 0. The summed E-state index contributed by atoms with van der Waals surface area (Å²) < 4.78 is 26.1. The van der Waals surface area contributed by atoms with Crippen molar-refractivity contribution in [2.45, 2.75) is 36.0 Å². The third kappa shape index (κ3) is 1.91. The second kappa shape index (κ2) is 5.18. The van der Waals surface area contributed by atoms with E-state index in [2.05, 4.69) is 6.92 Å². The van der Waals surface area contributed by atoms with Gasteiger partial charge in [-0.25, -0.2) is 8.42 Å². The zero-order chi connectivity index (χ0) is 17.1. The minimum Gasteiger partial charge on any atom is -0.307 e. The van der Waals surface area contributed by atoms with Crippen molar-refractivity contribution in [2.75, 3.05) is 4.90 Å². The Morgan fingerprint density at radius 3 is 2.25 bits per heavy atom. The van der Waals surface area contributed by atoms with Gasteiger partial charge in [0.25, 0.3) is 0 Å². The Hall–Kier alpha value is -2.14. The molecule has 4 atom stereocenters. The van der Waals surface area contributed by atoms with Crippen LogP contribution in [0.2, 0.25) is 0 Å². The van der Waals surface area contributed by atoms with Gasteiger partial charge in [0, 0.05) is 23.6 Å². The fourth-order valence-electron chi connectivity index (χ4n) is 4.33. The molecule has 1 amide bonds. The van der Waals surface area contributed by atoms with Crippen LogP contribution in [-0.4, -0.2) is 25.6 Å². The molecule has 0 radical (unpaired) electrons. The topological polar surface area (TPSA) is 54.5 Å². The van der Waals surface area contributed by atoms with Gasteiger partial charge in [-0.05, 0) is 23.8 Å². The van der Waals surface area contributed by atoms with Crippen LogP contribution in [0.5, 0.6) is 0 Å². The van der Waals surface area contributed by atoms with Crippen molar-refractivity contribution in [1.29, 1.82) is 0 Å². The number of anilines is 1. The van der Waals surface area contributed by atoms with Crippen molar-refractivity contribution in [3.63, 3.8) is 0 Å². The molecule has 4 nitrogen and oxygen atoms in total. The molecule has 2 aromatic carbocycles. The van der Waals surface area contributed by atoms with Gasteiger partial charge in [0.2, 0.25) is 5.91 Å². The minimum atomic E-state index is -3.70. The molecule has 24 heavy (non-hydrogen) atoms. The van der Waals surface area contributed by atoms with E-state index in [1.807, 2.05) is 31.2 Å². The van der Waals surface area contributed by atoms with Crippen LogP contribution in [0, 0.1) is 5.92 Å². The summed E-state index contributed by atoms with van der Waals surface area (Å²) in [5.74, 6) is -0.422. The van der Waals surface area contributed by atoms with Crippen LogP contribution in [0.25, 0.3) is 0 Å². The molecule has 1 unspecified atom stereocenters. The smallest absolute Gasteiger partial charge is 0.246 e. The van der Waals surface area contributed by atoms with Crippen LogP contribution in [0.15, 0.2) is 59.5 Å². The van der Waals surface area contributed by atoms with E-state index in [4.69, 9.17) is 0 Å². The van der Waals surface area contributed by atoms with Gasteiger partial charge < -0.3 is 4.90 Å². The number of hydrogen-bond acceptors (Lipinski definition) is 3. The third-order valence-corrected chi connectivity index (χ3v) is 7.63. The van der Waals surface area contributed by atoms with Crippen LogP contribution < -0.4 is 4.90 Å². The van der Waals surface area contributed by atoms with Gasteiger partial charge in [-0.15, -0.1) is 0 Å². The summed E-state index contributed by atoms with van der Waals surface area (Å²) in [6, 6.07) is 16.0. The number of rotatable bonds is 2. The Balaban J connectivity index is 1.81. The van der Waals surface area contributed by atoms with E-state index < -0.39 is 15.1 Å². The SMILES string of the molecule is C[C@H]1c2ccccc2N2C(=O)C(S(=O)(=O)c3ccccc3)[C@H](C)[C@@H]12. The maximum Gasteiger partial charge on any atom is 0.246 e. The van der Waals surface area contributed by atoms with Gasteiger partial charge in [0.05, 0.1) is 4.90 Å². The molecule has 0 bridgehead atoms. The number of nitrogens with zero attached hydrogens (tertiary/aromatic N) is 1. The highest BCUT2D eigenvalue weighted by atomic mass is 32.2. The number of sulfone groups is 1. The predicted octanol–water partition coefficient (Wildman–Crippen LogP) is 3.00. The van der Waals surface area contributed by atoms with E-state index in [0.29, 0.717) is 0 Å². The summed E-state index contributed by atoms with van der Waals surface area (Å²) >= 11 is 0. The fourth-order valence-corrected chi connectivity index (χ4v) is 6.26. The maximum atomic E-state index is 13.1. The van der Waals surface area contributed by atoms with Gasteiger partial charge in [-0.3, -0.25) is 4.79 Å². The van der Waals surface area contributed by atoms with Crippen LogP contribution >= 0.6 is 0 Å². The third-order valence-electron chi connectivity index (χ3n) is 5.40. The highest BCUT2D eigenvalue weighted by Crippen LogP contribution is 2.50. The lowest BCUT2D eigenvalue weighted by Gasteiger charge is -2.22. The lowest BCUT2D eigenvalue weighted by Crippen LogP contribution is -2.35. The molecule has 0 spiro atoms. The lowest BCUT2D eigenvalue weighted by molar-refractivity contribution is -0.117. The van der Waals surface area contributed by atoms with E-state index in [1.54, 1.807) is 35.2 Å². The monoisotopic (exact) mass is 341 g/mol. The van der Waals surface area contributed by atoms with Gasteiger partial charge in [-0.1, -0.05) is 50.2 Å². The molecule has 0 saturated carbocycles. The van der Waals surface area contributed by atoms with E-state index in [0.717, 1.165) is 11.3 Å². The van der Waals surface area contributed by atoms with E-state index >= 15 is 0 Å². The number of para-hydroxylation sites is 1. The average Bonchev–Trinajstić information content (AvgIpc) is 3.03. The summed E-state index contributed by atoms with van der Waals surface area (Å²) in [4.78, 5) is 15.0. The largest absolute Gasteiger partial charge is 0.307 e. The van der Waals surface area contributed by atoms with Crippen LogP contribution in [0.4, 0.5) is 5.69 Å². The Morgan fingerprint density at radius 1 is 0.917 bits per heavy atom. The van der Waals surface area contributed by atoms with Crippen molar-refractivity contribution in [3.05, 3.63) is 60.2 Å². The zero-order valence-electron chi connectivity index (χ0n) is 13.6. The molecule has 2 heterocycles. The normalized spacial score (nSPS) is 28.8. The summed E-state index contributed by atoms with van der Waals surface area (Å²) in [5.41, 5.74) is 1.98. The Bertz CT molecular complexity index is 907. The van der Waals surface area contributed by atoms with Gasteiger partial charge in [0.15, 0.2) is 9.84 Å². The molecule has 0 aromatic heterocycles. The summed E-state index contributed by atoms with van der Waals surface area (Å²) in [6.45, 7) is 3.96. The van der Waals surface area contributed by atoms with Crippen molar-refractivity contribution in [3.8, 4) is 0 Å². The van der Waals surface area contributed by atoms with Crippen molar-refractivity contribution >= 4 is 21.4 Å². The van der Waals surface area contributed by atoms with Gasteiger partial charge in [-0.2, -0.15) is 0 Å². The first kappa shape index (κ1) is 15.4. The van der Waals surface area contributed by atoms with Crippen molar-refractivity contribution in [1.82, 2.24) is 0 Å². The molecule has 2 aliphatic heterocycles. The number of fused-ring (bicyclic) bond motifs is 3. The quantitative estimate of drug-likeness (QED) is 0.844. The number of carbonyl (C=O) groups is 1. The fraction of sp³-hybridized carbons (Fsp3) is 0.316. The molecule has 0 aliphatic carbocycles. The molecular formula is C19H19NO3S. The molecule has 0 N–H and O–H groups in total. The van der Waals surface area contributed by atoms with Crippen LogP contribution in [-0.2, 0) is 14.6 Å². The van der Waals surface area contributed by atoms with Gasteiger partial charge >= 0.3 is 0 Å². The van der Waals surface area contributed by atoms with E-state index in [9.17, 15) is 13.2 Å². The molecule has 2 aromatic rings. The summed E-state index contributed by atoms with van der Waals surface area (Å²) in [7, 11) is -3.70. The highest BCUT2D eigenvalue weighted by Gasteiger charge is 2.57. The number of amides is 1. The second-order valence-corrected chi connectivity index (χ2v) is 8.75. The van der Waals surface area contributed by atoms with Crippen molar-refractivity contribution < 1.29 is 13.2 Å². The predicted molar refractivity (Wildman–Crippen MR) is 92.7 cm³/mol. The molecule has 2 aliphatic rings.